The van der Waals surface area contributed by atoms with Crippen molar-refractivity contribution in [2.75, 3.05) is 10.6 Å². The molecule has 5 nitrogen and oxygen atoms in total. The summed E-state index contributed by atoms with van der Waals surface area (Å²) in [7, 11) is 0. The molecule has 0 fully saturated rings. The second kappa shape index (κ2) is 8.85. The van der Waals surface area contributed by atoms with Gasteiger partial charge in [-0.25, -0.2) is 0 Å². The van der Waals surface area contributed by atoms with Gasteiger partial charge in [0.25, 0.3) is 11.8 Å². The van der Waals surface area contributed by atoms with Crippen LogP contribution in [0, 0.1) is 25.7 Å². The highest BCUT2D eigenvalue weighted by molar-refractivity contribution is 6.06. The Labute approximate surface area is 170 Å². The van der Waals surface area contributed by atoms with Crippen molar-refractivity contribution in [3.63, 3.8) is 0 Å². The fourth-order valence-corrected chi connectivity index (χ4v) is 2.97. The molecular formula is C24H21N3O2. The van der Waals surface area contributed by atoms with Crippen molar-refractivity contribution in [2.45, 2.75) is 20.8 Å². The van der Waals surface area contributed by atoms with Gasteiger partial charge in [-0.3, -0.25) is 14.6 Å². The van der Waals surface area contributed by atoms with Crippen LogP contribution in [0.3, 0.4) is 0 Å². The molecule has 0 unspecified atom stereocenters. The van der Waals surface area contributed by atoms with E-state index in [1.54, 1.807) is 25.3 Å². The number of carbonyl (C=O) groups is 2. The molecule has 0 atom stereocenters. The Hall–Kier alpha value is -3.91. The van der Waals surface area contributed by atoms with Crippen molar-refractivity contribution >= 4 is 23.2 Å². The lowest BCUT2D eigenvalue weighted by atomic mass is 10.0. The molecule has 0 aliphatic rings. The van der Waals surface area contributed by atoms with E-state index in [2.05, 4.69) is 27.5 Å². The third-order valence-electron chi connectivity index (χ3n) is 4.41. The van der Waals surface area contributed by atoms with E-state index < -0.39 is 0 Å². The molecular weight excluding hydrogens is 362 g/mol. The Balaban J connectivity index is 1.85. The van der Waals surface area contributed by atoms with Crippen LogP contribution in [-0.4, -0.2) is 16.8 Å². The van der Waals surface area contributed by atoms with E-state index in [1.807, 2.05) is 50.2 Å². The molecule has 0 bridgehead atoms. The molecule has 2 aromatic carbocycles. The molecule has 0 aliphatic carbocycles. The topological polar surface area (TPSA) is 71.1 Å². The van der Waals surface area contributed by atoms with Crippen LogP contribution in [0.4, 0.5) is 11.4 Å². The number of anilines is 2. The Morgan fingerprint density at radius 1 is 0.897 bits per heavy atom. The average Bonchev–Trinajstić information content (AvgIpc) is 2.71. The van der Waals surface area contributed by atoms with E-state index in [-0.39, 0.29) is 11.8 Å². The van der Waals surface area contributed by atoms with Crippen molar-refractivity contribution < 1.29 is 9.59 Å². The summed E-state index contributed by atoms with van der Waals surface area (Å²) in [5.74, 6) is 4.42. The van der Waals surface area contributed by atoms with Crippen LogP contribution in [0.25, 0.3) is 11.1 Å². The fourth-order valence-electron chi connectivity index (χ4n) is 2.97. The molecule has 2 amide bonds. The van der Waals surface area contributed by atoms with Crippen LogP contribution in [-0.2, 0) is 4.79 Å². The third kappa shape index (κ3) is 4.88. The van der Waals surface area contributed by atoms with Gasteiger partial charge in [-0.05, 0) is 61.6 Å². The van der Waals surface area contributed by atoms with Gasteiger partial charge in [0.05, 0.1) is 5.56 Å². The largest absolute Gasteiger partial charge is 0.321 e. The smallest absolute Gasteiger partial charge is 0.300 e. The minimum absolute atomic E-state index is 0.223. The predicted molar refractivity (Wildman–Crippen MR) is 116 cm³/mol. The number of benzene rings is 2. The molecule has 3 aromatic rings. The predicted octanol–water partition coefficient (Wildman–Crippen LogP) is 4.58. The number of nitrogens with zero attached hydrogens (tertiary/aromatic N) is 1. The lowest BCUT2D eigenvalue weighted by Crippen LogP contribution is -2.14. The highest BCUT2D eigenvalue weighted by Crippen LogP contribution is 2.24. The molecule has 1 heterocycles. The molecule has 1 aromatic heterocycles. The monoisotopic (exact) mass is 383 g/mol. The van der Waals surface area contributed by atoms with Crippen LogP contribution in [0.1, 0.15) is 28.4 Å². The van der Waals surface area contributed by atoms with E-state index in [9.17, 15) is 9.59 Å². The Morgan fingerprint density at radius 2 is 1.62 bits per heavy atom. The molecule has 0 saturated heterocycles. The second-order valence-corrected chi connectivity index (χ2v) is 6.59. The number of hydrogen-bond donors (Lipinski definition) is 2. The Kier molecular flexibility index (Phi) is 6.06. The summed E-state index contributed by atoms with van der Waals surface area (Å²) >= 11 is 0. The quantitative estimate of drug-likeness (QED) is 0.648. The summed E-state index contributed by atoms with van der Waals surface area (Å²) in [5, 5.41) is 5.70. The first-order valence-corrected chi connectivity index (χ1v) is 9.14. The molecule has 0 saturated carbocycles. The maximum atomic E-state index is 12.8. The summed E-state index contributed by atoms with van der Waals surface area (Å²) in [5.41, 5.74) is 5.50. The maximum Gasteiger partial charge on any atom is 0.300 e. The highest BCUT2D eigenvalue weighted by Gasteiger charge is 2.11. The summed E-state index contributed by atoms with van der Waals surface area (Å²) in [6.45, 7) is 5.52. The summed E-state index contributed by atoms with van der Waals surface area (Å²) in [4.78, 5) is 28.7. The van der Waals surface area contributed by atoms with Crippen molar-refractivity contribution in [1.29, 1.82) is 0 Å². The minimum atomic E-state index is -0.371. The van der Waals surface area contributed by atoms with Crippen LogP contribution in [0.15, 0.2) is 60.9 Å². The zero-order valence-corrected chi connectivity index (χ0v) is 16.5. The molecule has 0 radical (unpaired) electrons. The van der Waals surface area contributed by atoms with E-state index in [4.69, 9.17) is 0 Å². The summed E-state index contributed by atoms with van der Waals surface area (Å²) in [6.07, 6.45) is 3.22. The Bertz CT molecular complexity index is 1120. The molecule has 0 aliphatic heterocycles. The van der Waals surface area contributed by atoms with Gasteiger partial charge in [-0.15, -0.1) is 0 Å². The van der Waals surface area contributed by atoms with Crippen LogP contribution in [0.2, 0.25) is 0 Å². The normalized spacial score (nSPS) is 9.90. The average molecular weight is 383 g/mol. The van der Waals surface area contributed by atoms with Crippen LogP contribution >= 0.6 is 0 Å². The number of amides is 2. The number of carbonyl (C=O) groups excluding carboxylic acids is 2. The zero-order valence-electron chi connectivity index (χ0n) is 16.5. The van der Waals surface area contributed by atoms with Crippen molar-refractivity contribution in [3.8, 4) is 23.0 Å². The number of para-hydroxylation sites is 1. The van der Waals surface area contributed by atoms with Gasteiger partial charge in [-0.1, -0.05) is 36.3 Å². The van der Waals surface area contributed by atoms with Crippen molar-refractivity contribution in [1.82, 2.24) is 4.98 Å². The van der Waals surface area contributed by atoms with E-state index in [0.29, 0.717) is 11.3 Å². The number of nitrogens with one attached hydrogen (secondary N) is 2. The first kappa shape index (κ1) is 19.8. The minimum Gasteiger partial charge on any atom is -0.321 e. The lowest BCUT2D eigenvalue weighted by Gasteiger charge is -2.12. The SMILES string of the molecule is CC#CC(=O)Nc1cccc(-c2cncc(C(=O)Nc3c(C)cccc3C)c2)c1. The number of aryl methyl sites for hydroxylation is 2. The van der Waals surface area contributed by atoms with Crippen LogP contribution < -0.4 is 10.6 Å². The number of aromatic nitrogens is 1. The fraction of sp³-hybridized carbons (Fsp3) is 0.125. The van der Waals surface area contributed by atoms with Gasteiger partial charge in [0, 0.05) is 29.3 Å². The molecule has 0 spiro atoms. The molecule has 29 heavy (non-hydrogen) atoms. The van der Waals surface area contributed by atoms with Crippen LogP contribution in [0.5, 0.6) is 0 Å². The lowest BCUT2D eigenvalue weighted by molar-refractivity contribution is -0.111. The van der Waals surface area contributed by atoms with E-state index in [0.717, 1.165) is 27.9 Å². The molecule has 5 heteroatoms. The highest BCUT2D eigenvalue weighted by atomic mass is 16.2. The maximum absolute atomic E-state index is 12.8. The van der Waals surface area contributed by atoms with Gasteiger partial charge in [0.15, 0.2) is 0 Å². The molecule has 144 valence electrons. The van der Waals surface area contributed by atoms with Gasteiger partial charge >= 0.3 is 0 Å². The molecule has 2 N–H and O–H groups in total. The van der Waals surface area contributed by atoms with Gasteiger partial charge in [-0.2, -0.15) is 0 Å². The van der Waals surface area contributed by atoms with Crippen molar-refractivity contribution in [2.24, 2.45) is 0 Å². The second-order valence-electron chi connectivity index (χ2n) is 6.59. The summed E-state index contributed by atoms with van der Waals surface area (Å²) < 4.78 is 0. The van der Waals surface area contributed by atoms with E-state index >= 15 is 0 Å². The standard InChI is InChI=1S/C24H21N3O2/c1-4-7-22(28)26-21-11-6-10-18(13-21)19-12-20(15-25-14-19)24(29)27-23-16(2)8-5-9-17(23)3/h5-6,8-15H,1-3H3,(H,26,28)(H,27,29). The van der Waals surface area contributed by atoms with Crippen molar-refractivity contribution in [3.05, 3.63) is 77.6 Å². The number of rotatable bonds is 4. The van der Waals surface area contributed by atoms with E-state index in [1.165, 1.54) is 6.20 Å². The van der Waals surface area contributed by atoms with Gasteiger partial charge in [0.1, 0.15) is 0 Å². The summed E-state index contributed by atoms with van der Waals surface area (Å²) in [6, 6.07) is 15.0. The first-order chi connectivity index (χ1) is 14.0. The first-order valence-electron chi connectivity index (χ1n) is 9.14. The van der Waals surface area contributed by atoms with Gasteiger partial charge in [0.2, 0.25) is 0 Å². The number of hydrogen-bond acceptors (Lipinski definition) is 3. The molecule has 3 rings (SSSR count). The van der Waals surface area contributed by atoms with Gasteiger partial charge < -0.3 is 10.6 Å². The third-order valence-corrected chi connectivity index (χ3v) is 4.41. The Morgan fingerprint density at radius 3 is 2.34 bits per heavy atom. The zero-order chi connectivity index (χ0) is 20.8. The number of pyridine rings is 1.